The molecule has 0 aliphatic carbocycles. The molecule has 2 aromatic heterocycles. The second-order valence-electron chi connectivity index (χ2n) is 3.54. The minimum atomic E-state index is 0.415. The summed E-state index contributed by atoms with van der Waals surface area (Å²) in [6, 6.07) is 10.6. The summed E-state index contributed by atoms with van der Waals surface area (Å²) in [7, 11) is 0. The van der Waals surface area contributed by atoms with Crippen molar-refractivity contribution in [1.82, 2.24) is 4.98 Å². The number of pyridine rings is 1. The second kappa shape index (κ2) is 4.94. The zero-order valence-corrected chi connectivity index (χ0v) is 9.50. The van der Waals surface area contributed by atoms with Gasteiger partial charge < -0.3 is 5.32 Å². The molecule has 0 saturated carbocycles. The van der Waals surface area contributed by atoms with Gasteiger partial charge >= 0.3 is 0 Å². The summed E-state index contributed by atoms with van der Waals surface area (Å²) in [6.45, 7) is 2.17. The second-order valence-corrected chi connectivity index (χ2v) is 4.58. The van der Waals surface area contributed by atoms with Crippen LogP contribution >= 0.6 is 11.3 Å². The molecule has 2 nitrogen and oxygen atoms in total. The number of hydrogen-bond acceptors (Lipinski definition) is 3. The van der Waals surface area contributed by atoms with E-state index in [1.165, 1.54) is 4.88 Å². The molecular formula is C12H14N2S. The Morgan fingerprint density at radius 3 is 2.93 bits per heavy atom. The van der Waals surface area contributed by atoms with Crippen LogP contribution in [0.2, 0.25) is 0 Å². The summed E-state index contributed by atoms with van der Waals surface area (Å²) in [4.78, 5) is 5.65. The third-order valence-electron chi connectivity index (χ3n) is 2.15. The molecule has 0 spiro atoms. The maximum Gasteiger partial charge on any atom is 0.126 e. The molecule has 78 valence electrons. The van der Waals surface area contributed by atoms with E-state index < -0.39 is 0 Å². The topological polar surface area (TPSA) is 24.9 Å². The van der Waals surface area contributed by atoms with Crippen molar-refractivity contribution in [1.29, 1.82) is 0 Å². The first-order valence-corrected chi connectivity index (χ1v) is 5.92. The average Bonchev–Trinajstić information content (AvgIpc) is 2.71. The number of hydrogen-bond donors (Lipinski definition) is 1. The van der Waals surface area contributed by atoms with Crippen molar-refractivity contribution in [2.75, 3.05) is 5.32 Å². The third-order valence-corrected chi connectivity index (χ3v) is 3.05. The van der Waals surface area contributed by atoms with Gasteiger partial charge in [-0.3, -0.25) is 0 Å². The van der Waals surface area contributed by atoms with Gasteiger partial charge in [-0.2, -0.15) is 0 Å². The van der Waals surface area contributed by atoms with Crippen LogP contribution in [0.15, 0.2) is 41.9 Å². The highest BCUT2D eigenvalue weighted by atomic mass is 32.1. The van der Waals surface area contributed by atoms with Crippen molar-refractivity contribution >= 4 is 17.2 Å². The summed E-state index contributed by atoms with van der Waals surface area (Å²) < 4.78 is 0. The first-order valence-electron chi connectivity index (χ1n) is 5.04. The van der Waals surface area contributed by atoms with Gasteiger partial charge in [0, 0.05) is 23.5 Å². The van der Waals surface area contributed by atoms with E-state index in [1.54, 1.807) is 17.5 Å². The Hall–Kier alpha value is -1.35. The molecule has 1 unspecified atom stereocenters. The molecule has 0 bridgehead atoms. The summed E-state index contributed by atoms with van der Waals surface area (Å²) >= 11 is 1.80. The van der Waals surface area contributed by atoms with Gasteiger partial charge in [-0.05, 0) is 30.5 Å². The lowest BCUT2D eigenvalue weighted by atomic mass is 10.2. The molecule has 3 heteroatoms. The first-order chi connectivity index (χ1) is 7.34. The molecule has 1 atom stereocenters. The van der Waals surface area contributed by atoms with Crippen molar-refractivity contribution in [2.45, 2.75) is 19.4 Å². The summed E-state index contributed by atoms with van der Waals surface area (Å²) in [6.07, 6.45) is 2.86. The highest BCUT2D eigenvalue weighted by Crippen LogP contribution is 2.13. The fourth-order valence-electron chi connectivity index (χ4n) is 1.48. The summed E-state index contributed by atoms with van der Waals surface area (Å²) in [5.41, 5.74) is 0. The zero-order valence-electron chi connectivity index (χ0n) is 8.68. The zero-order chi connectivity index (χ0) is 10.5. The Labute approximate surface area is 94.0 Å². The molecule has 0 radical (unpaired) electrons. The van der Waals surface area contributed by atoms with Gasteiger partial charge in [-0.1, -0.05) is 12.1 Å². The van der Waals surface area contributed by atoms with Crippen molar-refractivity contribution in [2.24, 2.45) is 0 Å². The van der Waals surface area contributed by atoms with E-state index >= 15 is 0 Å². The van der Waals surface area contributed by atoms with Gasteiger partial charge in [-0.15, -0.1) is 11.3 Å². The van der Waals surface area contributed by atoms with Crippen molar-refractivity contribution in [3.8, 4) is 0 Å². The van der Waals surface area contributed by atoms with Crippen LogP contribution in [0.5, 0.6) is 0 Å². The summed E-state index contributed by atoms with van der Waals surface area (Å²) in [5.74, 6) is 0.946. The Balaban J connectivity index is 1.90. The fraction of sp³-hybridized carbons (Fsp3) is 0.250. The molecule has 15 heavy (non-hydrogen) atoms. The van der Waals surface area contributed by atoms with Gasteiger partial charge in [0.1, 0.15) is 5.82 Å². The standard InChI is InChI=1S/C12H14N2S/c1-10(9-11-5-4-8-15-11)14-12-6-2-3-7-13-12/h2-8,10H,9H2,1H3,(H,13,14). The molecule has 1 N–H and O–H groups in total. The largest absolute Gasteiger partial charge is 0.367 e. The van der Waals surface area contributed by atoms with Crippen LogP contribution < -0.4 is 5.32 Å². The Bertz CT molecular complexity index is 383. The summed E-state index contributed by atoms with van der Waals surface area (Å²) in [5, 5.41) is 5.49. The van der Waals surface area contributed by atoms with Crippen molar-refractivity contribution in [3.05, 3.63) is 46.8 Å². The number of nitrogens with zero attached hydrogens (tertiary/aromatic N) is 1. The van der Waals surface area contributed by atoms with E-state index in [2.05, 4.69) is 34.7 Å². The molecule has 0 fully saturated rings. The Morgan fingerprint density at radius 2 is 2.27 bits per heavy atom. The lowest BCUT2D eigenvalue weighted by molar-refractivity contribution is 0.794. The lowest BCUT2D eigenvalue weighted by Crippen LogP contribution is -2.18. The molecule has 0 aliphatic heterocycles. The van der Waals surface area contributed by atoms with Crippen LogP contribution in [0.1, 0.15) is 11.8 Å². The van der Waals surface area contributed by atoms with E-state index in [1.807, 2.05) is 18.2 Å². The number of aromatic nitrogens is 1. The van der Waals surface area contributed by atoms with Crippen molar-refractivity contribution in [3.63, 3.8) is 0 Å². The monoisotopic (exact) mass is 218 g/mol. The van der Waals surface area contributed by atoms with E-state index in [0.29, 0.717) is 6.04 Å². The number of rotatable bonds is 4. The molecular weight excluding hydrogens is 204 g/mol. The van der Waals surface area contributed by atoms with Crippen LogP contribution in [-0.2, 0) is 6.42 Å². The number of anilines is 1. The molecule has 0 saturated heterocycles. The fourth-order valence-corrected chi connectivity index (χ4v) is 2.32. The molecule has 2 heterocycles. The minimum absolute atomic E-state index is 0.415. The highest BCUT2D eigenvalue weighted by molar-refractivity contribution is 7.09. The van der Waals surface area contributed by atoms with E-state index in [0.717, 1.165) is 12.2 Å². The quantitative estimate of drug-likeness (QED) is 0.852. The Kier molecular flexibility index (Phi) is 3.35. The van der Waals surface area contributed by atoms with E-state index in [9.17, 15) is 0 Å². The van der Waals surface area contributed by atoms with E-state index in [4.69, 9.17) is 0 Å². The van der Waals surface area contributed by atoms with Crippen LogP contribution in [0.4, 0.5) is 5.82 Å². The van der Waals surface area contributed by atoms with Gasteiger partial charge in [-0.25, -0.2) is 4.98 Å². The van der Waals surface area contributed by atoms with Gasteiger partial charge in [0.05, 0.1) is 0 Å². The predicted molar refractivity (Wildman–Crippen MR) is 65.3 cm³/mol. The Morgan fingerprint density at radius 1 is 1.33 bits per heavy atom. The molecule has 2 rings (SSSR count). The third kappa shape index (κ3) is 3.06. The smallest absolute Gasteiger partial charge is 0.126 e. The molecule has 0 aromatic carbocycles. The van der Waals surface area contributed by atoms with Crippen LogP contribution in [0, 0.1) is 0 Å². The van der Waals surface area contributed by atoms with Crippen LogP contribution in [-0.4, -0.2) is 11.0 Å². The van der Waals surface area contributed by atoms with Gasteiger partial charge in [0.2, 0.25) is 0 Å². The predicted octanol–water partition coefficient (Wildman–Crippen LogP) is 3.19. The van der Waals surface area contributed by atoms with Crippen LogP contribution in [0.3, 0.4) is 0 Å². The molecule has 0 aliphatic rings. The first kappa shape index (κ1) is 10.2. The normalized spacial score (nSPS) is 12.3. The molecule has 2 aromatic rings. The lowest BCUT2D eigenvalue weighted by Gasteiger charge is -2.12. The molecule has 0 amide bonds. The van der Waals surface area contributed by atoms with E-state index in [-0.39, 0.29) is 0 Å². The number of thiophene rings is 1. The number of nitrogens with one attached hydrogen (secondary N) is 1. The minimum Gasteiger partial charge on any atom is -0.367 e. The van der Waals surface area contributed by atoms with Crippen LogP contribution in [0.25, 0.3) is 0 Å². The maximum absolute atomic E-state index is 4.24. The van der Waals surface area contributed by atoms with Gasteiger partial charge in [0.15, 0.2) is 0 Å². The van der Waals surface area contributed by atoms with Crippen molar-refractivity contribution < 1.29 is 0 Å². The highest BCUT2D eigenvalue weighted by Gasteiger charge is 2.04. The SMILES string of the molecule is CC(Cc1cccs1)Nc1ccccn1. The van der Waals surface area contributed by atoms with Gasteiger partial charge in [0.25, 0.3) is 0 Å². The average molecular weight is 218 g/mol. The maximum atomic E-state index is 4.24.